The molecule has 1 unspecified atom stereocenters. The molecule has 0 bridgehead atoms. The van der Waals surface area contributed by atoms with Gasteiger partial charge in [-0.2, -0.15) is 11.3 Å². The Kier molecular flexibility index (Phi) is 3.84. The first-order valence-corrected chi connectivity index (χ1v) is 6.35. The molecule has 0 fully saturated rings. The maximum atomic E-state index is 6.14. The number of rotatable bonds is 3. The first kappa shape index (κ1) is 11.9. The van der Waals surface area contributed by atoms with E-state index in [-0.39, 0.29) is 6.04 Å². The average Bonchev–Trinajstić information content (AvgIpc) is 2.78. The van der Waals surface area contributed by atoms with E-state index in [0.717, 1.165) is 11.1 Å². The Labute approximate surface area is 108 Å². The van der Waals surface area contributed by atoms with Crippen molar-refractivity contribution in [2.45, 2.75) is 6.04 Å². The van der Waals surface area contributed by atoms with Crippen molar-refractivity contribution in [2.75, 3.05) is 0 Å². The molecule has 2 nitrogen and oxygen atoms in total. The predicted octanol–water partition coefficient (Wildman–Crippen LogP) is 3.61. The number of hydrazine groups is 1. The van der Waals surface area contributed by atoms with E-state index in [9.17, 15) is 0 Å². The molecule has 0 spiro atoms. The van der Waals surface area contributed by atoms with Gasteiger partial charge in [-0.3, -0.25) is 5.84 Å². The van der Waals surface area contributed by atoms with Crippen LogP contribution in [0.5, 0.6) is 0 Å². The molecule has 1 aromatic heterocycles. The molecule has 0 aliphatic heterocycles. The van der Waals surface area contributed by atoms with Crippen LogP contribution >= 0.6 is 34.5 Å². The minimum atomic E-state index is -0.127. The third-order valence-corrected chi connectivity index (χ3v) is 3.59. The topological polar surface area (TPSA) is 38.0 Å². The van der Waals surface area contributed by atoms with Crippen molar-refractivity contribution in [1.82, 2.24) is 5.43 Å². The van der Waals surface area contributed by atoms with E-state index >= 15 is 0 Å². The molecule has 1 aromatic carbocycles. The fourth-order valence-electron chi connectivity index (χ4n) is 1.54. The van der Waals surface area contributed by atoms with Crippen molar-refractivity contribution < 1.29 is 0 Å². The van der Waals surface area contributed by atoms with Crippen LogP contribution in [0.2, 0.25) is 10.0 Å². The van der Waals surface area contributed by atoms with Gasteiger partial charge in [0.1, 0.15) is 0 Å². The Morgan fingerprint density at radius 1 is 1.25 bits per heavy atom. The van der Waals surface area contributed by atoms with E-state index in [1.165, 1.54) is 0 Å². The molecule has 3 N–H and O–H groups in total. The highest BCUT2D eigenvalue weighted by molar-refractivity contribution is 7.08. The van der Waals surface area contributed by atoms with Crippen LogP contribution in [0.4, 0.5) is 0 Å². The maximum absolute atomic E-state index is 6.14. The van der Waals surface area contributed by atoms with Crippen molar-refractivity contribution in [3.8, 4) is 0 Å². The molecule has 0 amide bonds. The molecule has 2 aromatic rings. The second-order valence-corrected chi connectivity index (χ2v) is 4.95. The van der Waals surface area contributed by atoms with Crippen molar-refractivity contribution in [1.29, 1.82) is 0 Å². The highest BCUT2D eigenvalue weighted by Gasteiger charge is 2.16. The highest BCUT2D eigenvalue weighted by Crippen LogP contribution is 2.30. The summed E-state index contributed by atoms with van der Waals surface area (Å²) in [4.78, 5) is 0. The SMILES string of the molecule is NNC(c1ccsc1)c1cc(Cl)ccc1Cl. The largest absolute Gasteiger partial charge is 0.271 e. The number of nitrogens with two attached hydrogens (primary N) is 1. The van der Waals surface area contributed by atoms with Gasteiger partial charge in [-0.05, 0) is 46.2 Å². The van der Waals surface area contributed by atoms with Crippen LogP contribution in [0.1, 0.15) is 17.2 Å². The molecule has 5 heteroatoms. The highest BCUT2D eigenvalue weighted by atomic mass is 35.5. The Morgan fingerprint density at radius 2 is 2.06 bits per heavy atom. The number of hydrogen-bond donors (Lipinski definition) is 2. The molecular weight excluding hydrogens is 263 g/mol. The number of nitrogens with one attached hydrogen (secondary N) is 1. The zero-order chi connectivity index (χ0) is 11.5. The fourth-order valence-corrected chi connectivity index (χ4v) is 2.63. The number of halogens is 2. The van der Waals surface area contributed by atoms with Crippen molar-refractivity contribution >= 4 is 34.5 Å². The van der Waals surface area contributed by atoms with E-state index in [1.807, 2.05) is 22.9 Å². The van der Waals surface area contributed by atoms with E-state index in [4.69, 9.17) is 29.0 Å². The summed E-state index contributed by atoms with van der Waals surface area (Å²) in [7, 11) is 0. The molecule has 84 valence electrons. The predicted molar refractivity (Wildman–Crippen MR) is 69.9 cm³/mol. The van der Waals surface area contributed by atoms with Gasteiger partial charge in [-0.1, -0.05) is 23.2 Å². The van der Waals surface area contributed by atoms with E-state index in [2.05, 4.69) is 5.43 Å². The molecule has 1 atom stereocenters. The van der Waals surface area contributed by atoms with Crippen LogP contribution in [0.15, 0.2) is 35.0 Å². The van der Waals surface area contributed by atoms with Crippen LogP contribution in [0.3, 0.4) is 0 Å². The summed E-state index contributed by atoms with van der Waals surface area (Å²) in [6.45, 7) is 0. The first-order chi connectivity index (χ1) is 7.72. The van der Waals surface area contributed by atoms with E-state index in [1.54, 1.807) is 23.5 Å². The second kappa shape index (κ2) is 5.17. The molecule has 0 saturated carbocycles. The molecule has 0 aliphatic rings. The van der Waals surface area contributed by atoms with Crippen molar-refractivity contribution in [2.24, 2.45) is 5.84 Å². The normalized spacial score (nSPS) is 12.7. The third kappa shape index (κ3) is 2.39. The standard InChI is InChI=1S/C11H10Cl2N2S/c12-8-1-2-10(13)9(5-8)11(15-14)7-3-4-16-6-7/h1-6,11,15H,14H2. The maximum Gasteiger partial charge on any atom is 0.0733 e. The molecule has 0 radical (unpaired) electrons. The Bertz CT molecular complexity index is 471. The van der Waals surface area contributed by atoms with Crippen LogP contribution in [0.25, 0.3) is 0 Å². The summed E-state index contributed by atoms with van der Waals surface area (Å²) >= 11 is 13.7. The minimum absolute atomic E-state index is 0.127. The molecule has 0 aliphatic carbocycles. The third-order valence-electron chi connectivity index (χ3n) is 2.31. The smallest absolute Gasteiger partial charge is 0.0733 e. The summed E-state index contributed by atoms with van der Waals surface area (Å²) in [5.74, 6) is 5.57. The zero-order valence-electron chi connectivity index (χ0n) is 8.28. The van der Waals surface area contributed by atoms with Gasteiger partial charge >= 0.3 is 0 Å². The first-order valence-electron chi connectivity index (χ1n) is 4.65. The van der Waals surface area contributed by atoms with Crippen LogP contribution in [-0.4, -0.2) is 0 Å². The van der Waals surface area contributed by atoms with Gasteiger partial charge in [0.2, 0.25) is 0 Å². The molecule has 2 rings (SSSR count). The quantitative estimate of drug-likeness (QED) is 0.662. The van der Waals surface area contributed by atoms with E-state index < -0.39 is 0 Å². The van der Waals surface area contributed by atoms with Crippen molar-refractivity contribution in [3.63, 3.8) is 0 Å². The lowest BCUT2D eigenvalue weighted by molar-refractivity contribution is 0.639. The summed E-state index contributed by atoms with van der Waals surface area (Å²) < 4.78 is 0. The Balaban J connectivity index is 2.44. The lowest BCUT2D eigenvalue weighted by Gasteiger charge is -2.16. The summed E-state index contributed by atoms with van der Waals surface area (Å²) in [6.07, 6.45) is 0. The monoisotopic (exact) mass is 272 g/mol. The van der Waals surface area contributed by atoms with Gasteiger partial charge in [0, 0.05) is 10.0 Å². The number of thiophene rings is 1. The van der Waals surface area contributed by atoms with Gasteiger partial charge in [-0.25, -0.2) is 5.43 Å². The van der Waals surface area contributed by atoms with Crippen LogP contribution < -0.4 is 11.3 Å². The van der Waals surface area contributed by atoms with Gasteiger partial charge in [0.15, 0.2) is 0 Å². The van der Waals surface area contributed by atoms with Gasteiger partial charge in [-0.15, -0.1) is 0 Å². The van der Waals surface area contributed by atoms with Crippen molar-refractivity contribution in [3.05, 3.63) is 56.2 Å². The Hall–Kier alpha value is -0.580. The number of hydrogen-bond acceptors (Lipinski definition) is 3. The summed E-state index contributed by atoms with van der Waals surface area (Å²) in [5.41, 5.74) is 4.72. The van der Waals surface area contributed by atoms with Gasteiger partial charge in [0.25, 0.3) is 0 Å². The zero-order valence-corrected chi connectivity index (χ0v) is 10.6. The fraction of sp³-hybridized carbons (Fsp3) is 0.0909. The van der Waals surface area contributed by atoms with Crippen LogP contribution in [0, 0.1) is 0 Å². The second-order valence-electron chi connectivity index (χ2n) is 3.32. The van der Waals surface area contributed by atoms with Gasteiger partial charge in [0.05, 0.1) is 6.04 Å². The summed E-state index contributed by atoms with van der Waals surface area (Å²) in [5, 5.41) is 5.33. The average molecular weight is 273 g/mol. The molecule has 1 heterocycles. The van der Waals surface area contributed by atoms with E-state index in [0.29, 0.717) is 10.0 Å². The lowest BCUT2D eigenvalue weighted by Crippen LogP contribution is -2.28. The Morgan fingerprint density at radius 3 is 2.69 bits per heavy atom. The molecular formula is C11H10Cl2N2S. The molecule has 0 saturated heterocycles. The van der Waals surface area contributed by atoms with Crippen LogP contribution in [-0.2, 0) is 0 Å². The molecule has 16 heavy (non-hydrogen) atoms. The summed E-state index contributed by atoms with van der Waals surface area (Å²) in [6, 6.07) is 7.24. The minimum Gasteiger partial charge on any atom is -0.271 e. The number of benzene rings is 1. The lowest BCUT2D eigenvalue weighted by atomic mass is 10.0. The van der Waals surface area contributed by atoms with Gasteiger partial charge < -0.3 is 0 Å².